The summed E-state index contributed by atoms with van der Waals surface area (Å²) >= 11 is 0. The van der Waals surface area contributed by atoms with E-state index >= 15 is 0 Å². The van der Waals surface area contributed by atoms with Crippen LogP contribution in [-0.4, -0.2) is 17.6 Å². The fourth-order valence-electron chi connectivity index (χ4n) is 1.38. The lowest BCUT2D eigenvalue weighted by molar-refractivity contribution is 0.744. The van der Waals surface area contributed by atoms with Crippen LogP contribution in [0.25, 0.3) is 0 Å². The predicted octanol–water partition coefficient (Wildman–Crippen LogP) is -0.444. The first-order valence-electron chi connectivity index (χ1n) is 3.77. The van der Waals surface area contributed by atoms with Gasteiger partial charge in [0.1, 0.15) is 7.85 Å². The summed E-state index contributed by atoms with van der Waals surface area (Å²) in [5.41, 5.74) is 2.67. The van der Waals surface area contributed by atoms with Gasteiger partial charge in [-0.25, -0.2) is 0 Å². The van der Waals surface area contributed by atoms with Gasteiger partial charge in [0.2, 0.25) is 0 Å². The molecule has 0 bridgehead atoms. The van der Waals surface area contributed by atoms with Crippen LogP contribution in [0.3, 0.4) is 0 Å². The monoisotopic (exact) mass is 134 g/mol. The molecule has 52 valence electrons. The molecule has 2 rings (SSSR count). The van der Waals surface area contributed by atoms with Crippen LogP contribution in [0.2, 0.25) is 0 Å². The number of hydrogen-bond acceptors (Lipinski definition) is 1. The Morgan fingerprint density at radius 2 is 2.40 bits per heavy atom. The third kappa shape index (κ3) is 0.858. The van der Waals surface area contributed by atoms with E-state index in [9.17, 15) is 0 Å². The molecule has 0 aromatic carbocycles. The van der Waals surface area contributed by atoms with Crippen LogP contribution in [-0.2, 0) is 7.05 Å². The minimum absolute atomic E-state index is 0.793. The van der Waals surface area contributed by atoms with Gasteiger partial charge in [-0.3, -0.25) is 4.68 Å². The normalized spacial score (nSPS) is 17.7. The summed E-state index contributed by atoms with van der Waals surface area (Å²) < 4.78 is 1.91. The van der Waals surface area contributed by atoms with Gasteiger partial charge in [0.15, 0.2) is 0 Å². The van der Waals surface area contributed by atoms with Gasteiger partial charge in [0.05, 0.1) is 5.69 Å². The van der Waals surface area contributed by atoms with Crippen molar-refractivity contribution in [2.24, 2.45) is 7.05 Å². The Balaban J connectivity index is 2.38. The molecule has 2 nitrogen and oxygen atoms in total. The predicted molar refractivity (Wildman–Crippen MR) is 43.4 cm³/mol. The summed E-state index contributed by atoms with van der Waals surface area (Å²) in [7, 11) is 4.12. The highest BCUT2D eigenvalue weighted by Gasteiger charge is 2.27. The molecule has 0 aliphatic heterocycles. The van der Waals surface area contributed by atoms with E-state index in [0.717, 1.165) is 5.92 Å². The second-order valence-electron chi connectivity index (χ2n) is 3.15. The van der Waals surface area contributed by atoms with Crippen molar-refractivity contribution in [1.82, 2.24) is 9.78 Å². The van der Waals surface area contributed by atoms with Gasteiger partial charge in [-0.1, -0.05) is 0 Å². The maximum atomic E-state index is 4.39. The van der Waals surface area contributed by atoms with Crippen LogP contribution < -0.4 is 5.46 Å². The van der Waals surface area contributed by atoms with E-state index in [1.165, 1.54) is 24.0 Å². The first kappa shape index (κ1) is 6.02. The molecule has 0 saturated heterocycles. The van der Waals surface area contributed by atoms with E-state index in [4.69, 9.17) is 0 Å². The molecule has 0 N–H and O–H groups in total. The van der Waals surface area contributed by atoms with E-state index in [-0.39, 0.29) is 0 Å². The minimum Gasteiger partial charge on any atom is -0.276 e. The zero-order chi connectivity index (χ0) is 7.14. The van der Waals surface area contributed by atoms with Crippen LogP contribution in [0.15, 0.2) is 6.20 Å². The molecule has 1 heterocycles. The first-order valence-corrected chi connectivity index (χ1v) is 3.77. The third-order valence-corrected chi connectivity index (χ3v) is 2.01. The molecule has 0 amide bonds. The Morgan fingerprint density at radius 3 is 2.80 bits per heavy atom. The zero-order valence-corrected chi connectivity index (χ0v) is 6.46. The Labute approximate surface area is 61.6 Å². The van der Waals surface area contributed by atoms with Gasteiger partial charge < -0.3 is 0 Å². The fourth-order valence-corrected chi connectivity index (χ4v) is 1.38. The van der Waals surface area contributed by atoms with Crippen molar-refractivity contribution in [2.75, 3.05) is 0 Å². The molecule has 10 heavy (non-hydrogen) atoms. The lowest BCUT2D eigenvalue weighted by Crippen LogP contribution is -2.04. The molecule has 0 radical (unpaired) electrons. The van der Waals surface area contributed by atoms with Crippen LogP contribution in [0.5, 0.6) is 0 Å². The number of rotatable bonds is 1. The molecule has 1 aromatic rings. The smallest absolute Gasteiger partial charge is 0.143 e. The Hall–Kier alpha value is -0.725. The van der Waals surface area contributed by atoms with Crippen molar-refractivity contribution in [3.63, 3.8) is 0 Å². The average molecular weight is 134 g/mol. The summed E-state index contributed by atoms with van der Waals surface area (Å²) in [5.74, 6) is 0.793. The first-order chi connectivity index (χ1) is 4.77. The van der Waals surface area contributed by atoms with Crippen molar-refractivity contribution in [2.45, 2.75) is 18.8 Å². The quantitative estimate of drug-likeness (QED) is 0.476. The number of aryl methyl sites for hydroxylation is 1. The highest BCUT2D eigenvalue weighted by molar-refractivity contribution is 6.33. The molecule has 0 atom stereocenters. The number of aromatic nitrogens is 2. The second-order valence-corrected chi connectivity index (χ2v) is 3.15. The lowest BCUT2D eigenvalue weighted by Gasteiger charge is -1.89. The van der Waals surface area contributed by atoms with E-state index in [0.29, 0.717) is 0 Å². The van der Waals surface area contributed by atoms with Crippen molar-refractivity contribution < 1.29 is 0 Å². The number of nitrogens with zero attached hydrogens (tertiary/aromatic N) is 2. The average Bonchev–Trinajstić information content (AvgIpc) is 2.61. The Kier molecular flexibility index (Phi) is 1.13. The maximum Gasteiger partial charge on any atom is 0.143 e. The molecule has 1 fully saturated rings. The molecule has 0 spiro atoms. The van der Waals surface area contributed by atoms with E-state index < -0.39 is 0 Å². The minimum atomic E-state index is 0.793. The zero-order valence-electron chi connectivity index (χ0n) is 6.46. The molecule has 1 aliphatic rings. The van der Waals surface area contributed by atoms with E-state index in [2.05, 4.69) is 19.1 Å². The van der Waals surface area contributed by atoms with Crippen molar-refractivity contribution in [3.05, 3.63) is 11.9 Å². The second kappa shape index (κ2) is 1.88. The molecule has 1 saturated carbocycles. The summed E-state index contributed by atoms with van der Waals surface area (Å²) in [6.07, 6.45) is 4.78. The molecule has 1 aromatic heterocycles. The highest BCUT2D eigenvalue weighted by atomic mass is 15.3. The van der Waals surface area contributed by atoms with Gasteiger partial charge in [0, 0.05) is 19.2 Å². The van der Waals surface area contributed by atoms with E-state index in [1.54, 1.807) is 0 Å². The molecular formula is C7H11BN2. The van der Waals surface area contributed by atoms with Gasteiger partial charge in [-0.2, -0.15) is 5.10 Å². The Morgan fingerprint density at radius 1 is 1.70 bits per heavy atom. The van der Waals surface area contributed by atoms with Crippen molar-refractivity contribution in [3.8, 4) is 0 Å². The van der Waals surface area contributed by atoms with Gasteiger partial charge >= 0.3 is 0 Å². The van der Waals surface area contributed by atoms with Crippen LogP contribution >= 0.6 is 0 Å². The van der Waals surface area contributed by atoms with E-state index in [1.807, 2.05) is 11.7 Å². The van der Waals surface area contributed by atoms with Crippen LogP contribution in [0.1, 0.15) is 24.5 Å². The maximum absolute atomic E-state index is 4.39. The summed E-state index contributed by atoms with van der Waals surface area (Å²) in [6, 6.07) is 0. The standard InChI is InChI=1S/C7H11BN2/c1-10-4-6(8)7(9-10)5-2-3-5/h4-5H,2-3,8H2,1H3. The molecule has 0 unspecified atom stereocenters. The number of hydrogen-bond donors (Lipinski definition) is 0. The lowest BCUT2D eigenvalue weighted by atomic mass is 9.95. The van der Waals surface area contributed by atoms with Crippen molar-refractivity contribution >= 4 is 13.3 Å². The van der Waals surface area contributed by atoms with Gasteiger partial charge in [-0.15, -0.1) is 0 Å². The van der Waals surface area contributed by atoms with Crippen molar-refractivity contribution in [1.29, 1.82) is 0 Å². The molecule has 1 aliphatic carbocycles. The summed E-state index contributed by atoms with van der Waals surface area (Å²) in [5, 5.41) is 4.39. The summed E-state index contributed by atoms with van der Waals surface area (Å²) in [6.45, 7) is 0. The summed E-state index contributed by atoms with van der Waals surface area (Å²) in [4.78, 5) is 0. The third-order valence-electron chi connectivity index (χ3n) is 2.01. The highest BCUT2D eigenvalue weighted by Crippen LogP contribution is 2.37. The van der Waals surface area contributed by atoms with Gasteiger partial charge in [0.25, 0.3) is 0 Å². The van der Waals surface area contributed by atoms with Crippen LogP contribution in [0.4, 0.5) is 0 Å². The topological polar surface area (TPSA) is 17.8 Å². The van der Waals surface area contributed by atoms with Crippen LogP contribution in [0, 0.1) is 0 Å². The molecule has 3 heteroatoms. The fraction of sp³-hybridized carbons (Fsp3) is 0.571. The van der Waals surface area contributed by atoms with Gasteiger partial charge in [-0.05, 0) is 18.3 Å². The Bertz CT molecular complexity index is 250. The SMILES string of the molecule is Bc1cn(C)nc1C1CC1. The molecular weight excluding hydrogens is 123 g/mol. The largest absolute Gasteiger partial charge is 0.276 e.